The number of benzene rings is 11. The molecule has 0 atom stereocenters. The normalized spacial score (nSPS) is 13.4. The van der Waals surface area contributed by atoms with Crippen molar-refractivity contribution in [2.75, 3.05) is 0 Å². The Morgan fingerprint density at radius 1 is 0.279 bits per heavy atom. The van der Waals surface area contributed by atoms with Crippen LogP contribution in [0.3, 0.4) is 0 Å². The number of hydrogen-bond acceptors (Lipinski definition) is 2. The zero-order valence-corrected chi connectivity index (χ0v) is 32.9. The topological polar surface area (TPSA) is 26.3 Å². The fourth-order valence-electron chi connectivity index (χ4n) is 11.1. The summed E-state index contributed by atoms with van der Waals surface area (Å²) < 4.78 is 12.9. The summed E-state index contributed by atoms with van der Waals surface area (Å²) in [6.07, 6.45) is 0. The summed E-state index contributed by atoms with van der Waals surface area (Å²) in [4.78, 5) is 0. The van der Waals surface area contributed by atoms with Gasteiger partial charge in [-0.2, -0.15) is 0 Å². The number of rotatable bonds is 4. The van der Waals surface area contributed by atoms with Crippen LogP contribution in [0, 0.1) is 0 Å². The summed E-state index contributed by atoms with van der Waals surface area (Å²) in [6, 6.07) is 75.7. The lowest BCUT2D eigenvalue weighted by Crippen LogP contribution is -2.28. The molecule has 0 bridgehead atoms. The molecular weight excluding hydrogens is 741 g/mol. The lowest BCUT2D eigenvalue weighted by molar-refractivity contribution is 0.668. The molecule has 11 aromatic carbocycles. The van der Waals surface area contributed by atoms with E-state index < -0.39 is 5.41 Å². The number of fused-ring (bicyclic) bond motifs is 9. The molecule has 14 rings (SSSR count). The van der Waals surface area contributed by atoms with E-state index in [9.17, 15) is 0 Å². The van der Waals surface area contributed by atoms with Gasteiger partial charge in [0.1, 0.15) is 22.3 Å². The van der Waals surface area contributed by atoms with Gasteiger partial charge in [-0.3, -0.25) is 0 Å². The van der Waals surface area contributed by atoms with Crippen LogP contribution in [0.4, 0.5) is 0 Å². The molecule has 2 heteroatoms. The van der Waals surface area contributed by atoms with Crippen LogP contribution in [0.15, 0.2) is 215 Å². The van der Waals surface area contributed by atoms with Gasteiger partial charge in [-0.25, -0.2) is 0 Å². The molecule has 61 heavy (non-hydrogen) atoms. The van der Waals surface area contributed by atoms with E-state index in [0.29, 0.717) is 0 Å². The van der Waals surface area contributed by atoms with Crippen molar-refractivity contribution < 1.29 is 8.83 Å². The van der Waals surface area contributed by atoms with Gasteiger partial charge < -0.3 is 8.83 Å². The van der Waals surface area contributed by atoms with Gasteiger partial charge in [0, 0.05) is 21.5 Å². The molecule has 0 fully saturated rings. The van der Waals surface area contributed by atoms with Gasteiger partial charge in [0.15, 0.2) is 0 Å². The van der Waals surface area contributed by atoms with Crippen molar-refractivity contribution in [3.63, 3.8) is 0 Å². The highest BCUT2D eigenvalue weighted by Crippen LogP contribution is 2.57. The van der Waals surface area contributed by atoms with Crippen LogP contribution in [-0.2, 0) is 5.41 Å². The first kappa shape index (κ1) is 33.0. The summed E-state index contributed by atoms with van der Waals surface area (Å²) in [5, 5.41) is 12.1. The minimum Gasteiger partial charge on any atom is -0.456 e. The molecule has 2 aromatic heterocycles. The Kier molecular flexibility index (Phi) is 6.52. The van der Waals surface area contributed by atoms with Crippen LogP contribution in [0.1, 0.15) is 22.3 Å². The van der Waals surface area contributed by atoms with E-state index in [-0.39, 0.29) is 0 Å². The molecule has 0 amide bonds. The molecule has 1 aliphatic carbocycles. The van der Waals surface area contributed by atoms with E-state index in [1.54, 1.807) is 0 Å². The van der Waals surface area contributed by atoms with Crippen molar-refractivity contribution in [3.05, 3.63) is 229 Å². The van der Waals surface area contributed by atoms with Crippen LogP contribution in [-0.4, -0.2) is 0 Å². The molecule has 0 radical (unpaired) electrons. The third kappa shape index (κ3) is 4.41. The largest absolute Gasteiger partial charge is 0.456 e. The lowest BCUT2D eigenvalue weighted by Gasteiger charge is -2.33. The second-order valence-electron chi connectivity index (χ2n) is 16.7. The third-order valence-electron chi connectivity index (χ3n) is 13.7. The molecule has 0 N–H and O–H groups in total. The van der Waals surface area contributed by atoms with Crippen LogP contribution in [0.5, 0.6) is 0 Å². The van der Waals surface area contributed by atoms with Gasteiger partial charge in [0.25, 0.3) is 0 Å². The Bertz CT molecular complexity index is 3880. The summed E-state index contributed by atoms with van der Waals surface area (Å²) in [7, 11) is 0. The van der Waals surface area contributed by atoms with E-state index in [4.69, 9.17) is 8.83 Å². The maximum Gasteiger partial charge on any atom is 0.136 e. The molecule has 2 nitrogen and oxygen atoms in total. The van der Waals surface area contributed by atoms with E-state index in [2.05, 4.69) is 194 Å². The Morgan fingerprint density at radius 3 is 1.44 bits per heavy atom. The lowest BCUT2D eigenvalue weighted by atomic mass is 9.67. The van der Waals surface area contributed by atoms with Crippen molar-refractivity contribution in [2.45, 2.75) is 5.41 Å². The minimum atomic E-state index is -0.479. The fraction of sp³-hybridized carbons (Fsp3) is 0.0169. The van der Waals surface area contributed by atoms with E-state index in [1.807, 2.05) is 12.1 Å². The van der Waals surface area contributed by atoms with Crippen molar-refractivity contribution in [3.8, 4) is 33.4 Å². The fourth-order valence-corrected chi connectivity index (χ4v) is 11.1. The van der Waals surface area contributed by atoms with Gasteiger partial charge in [-0.15, -0.1) is 0 Å². The van der Waals surface area contributed by atoms with Gasteiger partial charge >= 0.3 is 0 Å². The average Bonchev–Trinajstić information content (AvgIpc) is 3.98. The van der Waals surface area contributed by atoms with Crippen molar-refractivity contribution in [1.82, 2.24) is 0 Å². The monoisotopic (exact) mass is 774 g/mol. The van der Waals surface area contributed by atoms with Gasteiger partial charge in [0.2, 0.25) is 0 Å². The second-order valence-corrected chi connectivity index (χ2v) is 16.7. The van der Waals surface area contributed by atoms with Crippen LogP contribution in [0.25, 0.3) is 110 Å². The Morgan fingerprint density at radius 2 is 0.787 bits per heavy atom. The predicted molar refractivity (Wildman–Crippen MR) is 253 cm³/mol. The SMILES string of the molecule is c1ccc(C2(c3ccccc3)c3ccccc3-c3cc4oc5ccc(-c6ccc7ccc8c(-c9ccc%10oc%11ccccc%11c%10c9)ccc9ccc6c7c98)cc5c4cc32)cc1. The van der Waals surface area contributed by atoms with Crippen molar-refractivity contribution in [1.29, 1.82) is 0 Å². The maximum absolute atomic E-state index is 6.74. The zero-order valence-electron chi connectivity index (χ0n) is 32.9. The molecule has 0 aliphatic heterocycles. The number of hydrogen-bond donors (Lipinski definition) is 0. The van der Waals surface area contributed by atoms with Crippen molar-refractivity contribution in [2.24, 2.45) is 0 Å². The van der Waals surface area contributed by atoms with E-state index >= 15 is 0 Å². The Hall–Kier alpha value is -7.94. The molecule has 282 valence electrons. The minimum absolute atomic E-state index is 0.479. The summed E-state index contributed by atoms with van der Waals surface area (Å²) in [6.45, 7) is 0. The molecule has 1 aliphatic rings. The second kappa shape index (κ2) is 12.1. The van der Waals surface area contributed by atoms with E-state index in [0.717, 1.165) is 43.9 Å². The molecule has 0 saturated heterocycles. The molecular formula is C59H34O2. The Balaban J connectivity index is 0.973. The van der Waals surface area contributed by atoms with Crippen molar-refractivity contribution >= 4 is 76.2 Å². The first-order valence-corrected chi connectivity index (χ1v) is 21.1. The summed E-state index contributed by atoms with van der Waals surface area (Å²) in [5.74, 6) is 0. The number of para-hydroxylation sites is 1. The molecule has 2 heterocycles. The van der Waals surface area contributed by atoms with Crippen LogP contribution in [0.2, 0.25) is 0 Å². The highest BCUT2D eigenvalue weighted by Gasteiger charge is 2.46. The molecule has 0 unspecified atom stereocenters. The van der Waals surface area contributed by atoms with Gasteiger partial charge in [-0.1, -0.05) is 164 Å². The smallest absolute Gasteiger partial charge is 0.136 e. The molecule has 13 aromatic rings. The first-order valence-electron chi connectivity index (χ1n) is 21.1. The van der Waals surface area contributed by atoms with Gasteiger partial charge in [-0.05, 0) is 130 Å². The number of furan rings is 2. The third-order valence-corrected chi connectivity index (χ3v) is 13.7. The van der Waals surface area contributed by atoms with E-state index in [1.165, 1.54) is 88.0 Å². The standard InChI is InChI=1S/C59H34O2/c1-3-11-39(12-4-1)59(40-13-5-2-6-14-40)51-17-9-7-15-43(51)47-34-56-50(33-52(47)59)49-32-38(24-30-55(49)61-56)42-26-20-36-21-27-45-41(25-19-35-22-28-46(42)58(36)57(35)45)37-23-29-54-48(31-37)44-16-8-10-18-53(44)60-54/h1-34H. The predicted octanol–water partition coefficient (Wildman–Crippen LogP) is 16.1. The summed E-state index contributed by atoms with van der Waals surface area (Å²) in [5.41, 5.74) is 15.5. The van der Waals surface area contributed by atoms with Gasteiger partial charge in [0.05, 0.1) is 5.41 Å². The highest BCUT2D eigenvalue weighted by molar-refractivity contribution is 6.28. The maximum atomic E-state index is 6.74. The summed E-state index contributed by atoms with van der Waals surface area (Å²) >= 11 is 0. The quantitative estimate of drug-likeness (QED) is 0.167. The highest BCUT2D eigenvalue weighted by atomic mass is 16.3. The Labute approximate surface area is 350 Å². The first-order chi connectivity index (χ1) is 30.2. The zero-order chi connectivity index (χ0) is 39.8. The average molecular weight is 775 g/mol. The van der Waals surface area contributed by atoms with Crippen LogP contribution >= 0.6 is 0 Å². The molecule has 0 saturated carbocycles. The van der Waals surface area contributed by atoms with Crippen LogP contribution < -0.4 is 0 Å². The molecule has 0 spiro atoms.